The van der Waals surface area contributed by atoms with E-state index >= 15 is 0 Å². The van der Waals surface area contributed by atoms with Crippen LogP contribution < -0.4 is 0 Å². The van der Waals surface area contributed by atoms with Crippen molar-refractivity contribution in [2.75, 3.05) is 0 Å². The Morgan fingerprint density at radius 3 is 2.50 bits per heavy atom. The molecule has 0 aromatic carbocycles. The smallest absolute Gasteiger partial charge is 0.00981 e. The van der Waals surface area contributed by atoms with E-state index in [0.29, 0.717) is 5.41 Å². The maximum atomic E-state index is 3.75. The van der Waals surface area contributed by atoms with E-state index in [9.17, 15) is 0 Å². The van der Waals surface area contributed by atoms with Crippen molar-refractivity contribution in [1.82, 2.24) is 0 Å². The molecule has 0 unspecified atom stereocenters. The van der Waals surface area contributed by atoms with Crippen molar-refractivity contribution >= 4 is 0 Å². The van der Waals surface area contributed by atoms with Gasteiger partial charge in [0.05, 0.1) is 0 Å². The highest BCUT2D eigenvalue weighted by molar-refractivity contribution is 5.40. The van der Waals surface area contributed by atoms with Crippen LogP contribution in [0.4, 0.5) is 0 Å². The molecule has 108 valence electrons. The average molecular weight is 268 g/mol. The minimum atomic E-state index is 0.290. The lowest BCUT2D eigenvalue weighted by Gasteiger charge is -2.32. The Labute approximate surface area is 125 Å². The Kier molecular flexibility index (Phi) is 6.01. The Morgan fingerprint density at radius 2 is 1.90 bits per heavy atom. The van der Waals surface area contributed by atoms with Gasteiger partial charge in [-0.25, -0.2) is 0 Å². The Morgan fingerprint density at radius 1 is 1.20 bits per heavy atom. The number of hydrogen-bond donors (Lipinski definition) is 0. The molecule has 1 aliphatic carbocycles. The zero-order valence-corrected chi connectivity index (χ0v) is 13.7. The summed E-state index contributed by atoms with van der Waals surface area (Å²) in [5.74, 6) is 0. The Bertz CT molecular complexity index is 502. The summed E-state index contributed by atoms with van der Waals surface area (Å²) in [4.78, 5) is 0. The second kappa shape index (κ2) is 7.28. The summed E-state index contributed by atoms with van der Waals surface area (Å²) in [6, 6.07) is 0. The highest BCUT2D eigenvalue weighted by Crippen LogP contribution is 2.40. The Hall–Kier alpha value is -1.56. The third kappa shape index (κ3) is 4.85. The second-order valence-corrected chi connectivity index (χ2v) is 6.27. The van der Waals surface area contributed by atoms with E-state index in [2.05, 4.69) is 77.7 Å². The molecule has 0 aliphatic heterocycles. The highest BCUT2D eigenvalue weighted by atomic mass is 14.3. The molecule has 0 radical (unpaired) electrons. The standard InChI is InChI=1S/C20H28/c1-7-16(2)10-8-11-17(3)13-14-19-18(4)12-9-15-20(19,5)6/h7-8,10-14H,1,9,15H2,2-6H3/b11-8+,16-10+,17-13-,19-14-. The van der Waals surface area contributed by atoms with Crippen LogP contribution in [0, 0.1) is 5.41 Å². The van der Waals surface area contributed by atoms with Gasteiger partial charge in [0.25, 0.3) is 0 Å². The third-order valence-corrected chi connectivity index (χ3v) is 3.93. The van der Waals surface area contributed by atoms with Gasteiger partial charge in [-0.15, -0.1) is 0 Å². The first-order valence-electron chi connectivity index (χ1n) is 7.40. The van der Waals surface area contributed by atoms with Gasteiger partial charge in [-0.3, -0.25) is 0 Å². The van der Waals surface area contributed by atoms with Gasteiger partial charge in [-0.2, -0.15) is 0 Å². The maximum absolute atomic E-state index is 3.75. The molecule has 0 saturated carbocycles. The minimum absolute atomic E-state index is 0.290. The summed E-state index contributed by atoms with van der Waals surface area (Å²) < 4.78 is 0. The summed E-state index contributed by atoms with van der Waals surface area (Å²) in [5.41, 5.74) is 5.63. The van der Waals surface area contributed by atoms with E-state index in [1.54, 1.807) is 0 Å². The fraction of sp³-hybridized carbons (Fsp3) is 0.400. The predicted octanol–water partition coefficient (Wildman–Crippen LogP) is 6.31. The first-order chi connectivity index (χ1) is 9.36. The molecule has 0 heteroatoms. The summed E-state index contributed by atoms with van der Waals surface area (Å²) in [6.07, 6.45) is 17.4. The van der Waals surface area contributed by atoms with E-state index in [0.717, 1.165) is 0 Å². The van der Waals surface area contributed by atoms with Crippen molar-refractivity contribution in [3.63, 3.8) is 0 Å². The van der Waals surface area contributed by atoms with Gasteiger partial charge in [0.15, 0.2) is 0 Å². The maximum Gasteiger partial charge on any atom is -0.00981 e. The van der Waals surface area contributed by atoms with E-state index in [1.807, 2.05) is 6.08 Å². The number of hydrogen-bond acceptors (Lipinski definition) is 0. The van der Waals surface area contributed by atoms with Crippen LogP contribution in [-0.4, -0.2) is 0 Å². The lowest BCUT2D eigenvalue weighted by molar-refractivity contribution is 0.404. The summed E-state index contributed by atoms with van der Waals surface area (Å²) in [7, 11) is 0. The molecular formula is C20H28. The lowest BCUT2D eigenvalue weighted by atomic mass is 9.73. The van der Waals surface area contributed by atoms with Crippen LogP contribution in [0.1, 0.15) is 47.5 Å². The van der Waals surface area contributed by atoms with Crippen LogP contribution in [0.15, 0.2) is 71.4 Å². The van der Waals surface area contributed by atoms with Gasteiger partial charge in [-0.1, -0.05) is 79.7 Å². The van der Waals surface area contributed by atoms with Crippen LogP contribution in [0.2, 0.25) is 0 Å². The quantitative estimate of drug-likeness (QED) is 0.524. The molecule has 20 heavy (non-hydrogen) atoms. The molecule has 1 aliphatic rings. The summed E-state index contributed by atoms with van der Waals surface area (Å²) in [5, 5.41) is 0. The number of rotatable bonds is 4. The molecule has 0 atom stereocenters. The zero-order valence-electron chi connectivity index (χ0n) is 13.7. The van der Waals surface area contributed by atoms with E-state index < -0.39 is 0 Å². The minimum Gasteiger partial charge on any atom is -0.0988 e. The monoisotopic (exact) mass is 268 g/mol. The first-order valence-corrected chi connectivity index (χ1v) is 7.40. The van der Waals surface area contributed by atoms with Gasteiger partial charge in [0.1, 0.15) is 0 Å². The molecule has 0 heterocycles. The van der Waals surface area contributed by atoms with Crippen LogP contribution >= 0.6 is 0 Å². The molecule has 0 amide bonds. The van der Waals surface area contributed by atoms with Crippen molar-refractivity contribution in [3.8, 4) is 0 Å². The summed E-state index contributed by atoms with van der Waals surface area (Å²) in [6.45, 7) is 14.8. The van der Waals surface area contributed by atoms with Crippen LogP contribution in [0.25, 0.3) is 0 Å². The van der Waals surface area contributed by atoms with Crippen LogP contribution in [0.5, 0.6) is 0 Å². The van der Waals surface area contributed by atoms with Crippen molar-refractivity contribution in [2.24, 2.45) is 5.41 Å². The normalized spacial score (nSPS) is 22.2. The molecule has 0 fully saturated rings. The highest BCUT2D eigenvalue weighted by Gasteiger charge is 2.26. The van der Waals surface area contributed by atoms with Crippen molar-refractivity contribution < 1.29 is 0 Å². The van der Waals surface area contributed by atoms with Gasteiger partial charge >= 0.3 is 0 Å². The molecule has 0 aromatic rings. The molecule has 0 saturated heterocycles. The lowest BCUT2D eigenvalue weighted by Crippen LogP contribution is -2.18. The molecule has 0 N–H and O–H groups in total. The average Bonchev–Trinajstić information content (AvgIpc) is 2.37. The van der Waals surface area contributed by atoms with Gasteiger partial charge in [0, 0.05) is 0 Å². The van der Waals surface area contributed by atoms with E-state index in [1.165, 1.54) is 35.1 Å². The van der Waals surface area contributed by atoms with E-state index in [-0.39, 0.29) is 0 Å². The van der Waals surface area contributed by atoms with Gasteiger partial charge in [-0.05, 0) is 44.6 Å². The summed E-state index contributed by atoms with van der Waals surface area (Å²) >= 11 is 0. The zero-order chi connectivity index (χ0) is 15.2. The fourth-order valence-corrected chi connectivity index (χ4v) is 2.47. The van der Waals surface area contributed by atoms with Gasteiger partial charge in [0.2, 0.25) is 0 Å². The Balaban J connectivity index is 2.88. The molecule has 0 spiro atoms. The topological polar surface area (TPSA) is 0 Å². The second-order valence-electron chi connectivity index (χ2n) is 6.27. The molecule has 1 rings (SSSR count). The largest absolute Gasteiger partial charge is 0.0988 e. The first kappa shape index (κ1) is 16.5. The predicted molar refractivity (Wildman–Crippen MR) is 91.7 cm³/mol. The molecule has 0 aromatic heterocycles. The van der Waals surface area contributed by atoms with Crippen LogP contribution in [0.3, 0.4) is 0 Å². The molecule has 0 nitrogen and oxygen atoms in total. The van der Waals surface area contributed by atoms with Gasteiger partial charge < -0.3 is 0 Å². The fourth-order valence-electron chi connectivity index (χ4n) is 2.47. The molecular weight excluding hydrogens is 240 g/mol. The third-order valence-electron chi connectivity index (χ3n) is 3.93. The van der Waals surface area contributed by atoms with Crippen LogP contribution in [-0.2, 0) is 0 Å². The van der Waals surface area contributed by atoms with Crippen molar-refractivity contribution in [3.05, 3.63) is 71.4 Å². The SMILES string of the molecule is C=C/C(C)=C/C=C/C(C)=C\C=C1\C(C)=CCCC1(C)C. The van der Waals surface area contributed by atoms with E-state index in [4.69, 9.17) is 0 Å². The van der Waals surface area contributed by atoms with Crippen molar-refractivity contribution in [2.45, 2.75) is 47.5 Å². The number of allylic oxidation sites excluding steroid dienone is 11. The molecule has 0 bridgehead atoms. The van der Waals surface area contributed by atoms with Crippen molar-refractivity contribution in [1.29, 1.82) is 0 Å².